The fourth-order valence-electron chi connectivity index (χ4n) is 4.18. The van der Waals surface area contributed by atoms with Gasteiger partial charge in [0.2, 0.25) is 5.95 Å². The van der Waals surface area contributed by atoms with Gasteiger partial charge >= 0.3 is 5.97 Å². The molecule has 0 aromatic carbocycles. The summed E-state index contributed by atoms with van der Waals surface area (Å²) in [4.78, 5) is 29.7. The molecule has 4 rings (SSSR count). The topological polar surface area (TPSA) is 124 Å². The van der Waals surface area contributed by atoms with Crippen molar-refractivity contribution < 1.29 is 19.7 Å². The standard InChI is InChI=1S/C21H30N6O4S/c1-3-15(28)14-4-6-26(7-5-14)16-12-17(27-8-10-31-11-9-27)24-20(23-16)25-21-22-13(2)18(32-21)19(29)30/h12,14-15,28H,3-11H2,1-2H3,(H,29,30)(H,22,23,24,25). The number of aliphatic hydroxyl groups excluding tert-OH is 1. The summed E-state index contributed by atoms with van der Waals surface area (Å²) in [5.74, 6) is 1.35. The summed E-state index contributed by atoms with van der Waals surface area (Å²) in [7, 11) is 0. The van der Waals surface area contributed by atoms with E-state index in [1.165, 1.54) is 0 Å². The number of ether oxygens (including phenoxy) is 1. The number of morpholine rings is 1. The summed E-state index contributed by atoms with van der Waals surface area (Å²) in [5, 5.41) is 23.1. The summed E-state index contributed by atoms with van der Waals surface area (Å²) in [6, 6.07) is 2.00. The Morgan fingerprint density at radius 1 is 1.19 bits per heavy atom. The predicted molar refractivity (Wildman–Crippen MR) is 123 cm³/mol. The lowest BCUT2D eigenvalue weighted by molar-refractivity contribution is 0.0701. The molecule has 2 fully saturated rings. The van der Waals surface area contributed by atoms with Crippen LogP contribution in [0.1, 0.15) is 41.6 Å². The number of carboxylic acid groups (broad SMARTS) is 1. The minimum absolute atomic E-state index is 0.202. The molecule has 32 heavy (non-hydrogen) atoms. The molecule has 2 aliphatic rings. The number of piperidine rings is 1. The van der Waals surface area contributed by atoms with Gasteiger partial charge in [-0.05, 0) is 32.1 Å². The molecule has 4 heterocycles. The number of nitrogens with one attached hydrogen (secondary N) is 1. The van der Waals surface area contributed by atoms with E-state index in [-0.39, 0.29) is 11.0 Å². The average molecular weight is 463 g/mol. The molecule has 10 nitrogen and oxygen atoms in total. The molecular formula is C21H30N6O4S. The van der Waals surface area contributed by atoms with Gasteiger partial charge in [0.05, 0.1) is 25.0 Å². The highest BCUT2D eigenvalue weighted by Crippen LogP contribution is 2.30. The number of rotatable bonds is 7. The minimum Gasteiger partial charge on any atom is -0.477 e. The molecule has 0 radical (unpaired) electrons. The maximum atomic E-state index is 11.4. The van der Waals surface area contributed by atoms with Crippen LogP contribution in [0.5, 0.6) is 0 Å². The lowest BCUT2D eigenvalue weighted by atomic mass is 9.90. The van der Waals surface area contributed by atoms with Crippen molar-refractivity contribution in [3.05, 3.63) is 16.6 Å². The van der Waals surface area contributed by atoms with Crippen LogP contribution in [0.2, 0.25) is 0 Å². The van der Waals surface area contributed by atoms with Crippen LogP contribution in [-0.2, 0) is 4.74 Å². The van der Waals surface area contributed by atoms with Gasteiger partial charge in [0, 0.05) is 32.2 Å². The Kier molecular flexibility index (Phi) is 7.07. The Labute approximate surface area is 191 Å². The zero-order valence-electron chi connectivity index (χ0n) is 18.5. The molecule has 2 aliphatic heterocycles. The number of aromatic carboxylic acids is 1. The van der Waals surface area contributed by atoms with Crippen molar-refractivity contribution in [1.82, 2.24) is 15.0 Å². The Bertz CT molecular complexity index is 940. The zero-order valence-corrected chi connectivity index (χ0v) is 19.3. The van der Waals surface area contributed by atoms with Crippen LogP contribution in [0.4, 0.5) is 22.7 Å². The second-order valence-electron chi connectivity index (χ2n) is 8.17. The first-order chi connectivity index (χ1) is 15.4. The lowest BCUT2D eigenvalue weighted by Crippen LogP contribution is -2.39. The predicted octanol–water partition coefficient (Wildman–Crippen LogP) is 2.51. The van der Waals surface area contributed by atoms with Gasteiger partial charge in [-0.1, -0.05) is 18.3 Å². The van der Waals surface area contributed by atoms with Crippen molar-refractivity contribution in [2.45, 2.75) is 39.2 Å². The molecule has 1 unspecified atom stereocenters. The van der Waals surface area contributed by atoms with Crippen LogP contribution in [0, 0.1) is 12.8 Å². The van der Waals surface area contributed by atoms with Gasteiger partial charge in [-0.25, -0.2) is 9.78 Å². The Balaban J connectivity index is 1.58. The van der Waals surface area contributed by atoms with Crippen LogP contribution >= 0.6 is 11.3 Å². The van der Waals surface area contributed by atoms with Crippen molar-refractivity contribution in [3.8, 4) is 0 Å². The number of carboxylic acids is 1. The summed E-state index contributed by atoms with van der Waals surface area (Å²) in [6.45, 7) is 8.13. The number of carbonyl (C=O) groups is 1. The number of hydrogen-bond acceptors (Lipinski definition) is 10. The fraction of sp³-hybridized carbons (Fsp3) is 0.619. The van der Waals surface area contributed by atoms with Crippen molar-refractivity contribution in [2.75, 3.05) is 54.5 Å². The molecule has 0 spiro atoms. The molecule has 0 saturated carbocycles. The first kappa shape index (κ1) is 22.7. The molecular weight excluding hydrogens is 432 g/mol. The van der Waals surface area contributed by atoms with Crippen molar-refractivity contribution in [3.63, 3.8) is 0 Å². The monoisotopic (exact) mass is 462 g/mol. The van der Waals surface area contributed by atoms with Gasteiger partial charge in [0.15, 0.2) is 5.13 Å². The summed E-state index contributed by atoms with van der Waals surface area (Å²) in [5.41, 5.74) is 0.464. The van der Waals surface area contributed by atoms with E-state index < -0.39 is 5.97 Å². The zero-order chi connectivity index (χ0) is 22.7. The number of thiazole rings is 1. The molecule has 1 atom stereocenters. The Morgan fingerprint density at radius 2 is 1.81 bits per heavy atom. The second kappa shape index (κ2) is 9.97. The largest absolute Gasteiger partial charge is 0.477 e. The third-order valence-corrected chi connectivity index (χ3v) is 7.13. The summed E-state index contributed by atoms with van der Waals surface area (Å²) >= 11 is 1.07. The van der Waals surface area contributed by atoms with E-state index in [0.717, 1.165) is 68.4 Å². The summed E-state index contributed by atoms with van der Waals surface area (Å²) in [6.07, 6.45) is 2.36. The van der Waals surface area contributed by atoms with Gasteiger partial charge < -0.3 is 24.7 Å². The van der Waals surface area contributed by atoms with Gasteiger partial charge in [0.1, 0.15) is 16.5 Å². The highest BCUT2D eigenvalue weighted by atomic mass is 32.1. The quantitative estimate of drug-likeness (QED) is 0.565. The maximum absolute atomic E-state index is 11.4. The van der Waals surface area contributed by atoms with E-state index in [9.17, 15) is 15.0 Å². The molecule has 11 heteroatoms. The highest BCUT2D eigenvalue weighted by molar-refractivity contribution is 7.17. The van der Waals surface area contributed by atoms with E-state index in [0.29, 0.717) is 35.9 Å². The first-order valence-corrected chi connectivity index (χ1v) is 11.9. The van der Waals surface area contributed by atoms with Gasteiger partial charge in [0.25, 0.3) is 0 Å². The first-order valence-electron chi connectivity index (χ1n) is 11.1. The van der Waals surface area contributed by atoms with Crippen LogP contribution in [0.15, 0.2) is 6.07 Å². The molecule has 3 N–H and O–H groups in total. The molecule has 0 bridgehead atoms. The summed E-state index contributed by atoms with van der Waals surface area (Å²) < 4.78 is 5.48. The van der Waals surface area contributed by atoms with Gasteiger partial charge in [-0.3, -0.25) is 5.32 Å². The van der Waals surface area contributed by atoms with Crippen molar-refractivity contribution in [2.24, 2.45) is 5.92 Å². The van der Waals surface area contributed by atoms with Crippen LogP contribution in [-0.4, -0.2) is 76.6 Å². The Morgan fingerprint density at radius 3 is 2.38 bits per heavy atom. The minimum atomic E-state index is -0.992. The molecule has 0 aliphatic carbocycles. The average Bonchev–Trinajstić information content (AvgIpc) is 3.19. The smallest absolute Gasteiger partial charge is 0.347 e. The normalized spacial score (nSPS) is 18.6. The highest BCUT2D eigenvalue weighted by Gasteiger charge is 2.26. The van der Waals surface area contributed by atoms with Crippen LogP contribution < -0.4 is 15.1 Å². The van der Waals surface area contributed by atoms with Gasteiger partial charge in [-0.15, -0.1) is 0 Å². The van der Waals surface area contributed by atoms with Crippen molar-refractivity contribution >= 4 is 40.0 Å². The van der Waals surface area contributed by atoms with Crippen LogP contribution in [0.3, 0.4) is 0 Å². The molecule has 2 aromatic rings. The molecule has 174 valence electrons. The number of aliphatic hydroxyl groups is 1. The van der Waals surface area contributed by atoms with E-state index in [1.54, 1.807) is 6.92 Å². The fourth-order valence-corrected chi connectivity index (χ4v) is 4.98. The SMILES string of the molecule is CCC(O)C1CCN(c2cc(N3CCOCC3)nc(Nc3nc(C)c(C(=O)O)s3)n2)CC1. The third kappa shape index (κ3) is 5.11. The number of aryl methyl sites for hydroxylation is 1. The van der Waals surface area contributed by atoms with E-state index in [2.05, 4.69) is 25.1 Å². The van der Waals surface area contributed by atoms with E-state index in [4.69, 9.17) is 9.72 Å². The van der Waals surface area contributed by atoms with Crippen LogP contribution in [0.25, 0.3) is 0 Å². The lowest BCUT2D eigenvalue weighted by Gasteiger charge is -2.35. The molecule has 2 aromatic heterocycles. The third-order valence-electron chi connectivity index (χ3n) is 6.07. The number of hydrogen-bond donors (Lipinski definition) is 3. The maximum Gasteiger partial charge on any atom is 0.347 e. The van der Waals surface area contributed by atoms with E-state index in [1.807, 2.05) is 13.0 Å². The Hall–Kier alpha value is -2.50. The number of aromatic nitrogens is 3. The second-order valence-corrected chi connectivity index (χ2v) is 9.17. The van der Waals surface area contributed by atoms with Gasteiger partial charge in [-0.2, -0.15) is 9.97 Å². The van der Waals surface area contributed by atoms with E-state index >= 15 is 0 Å². The molecule has 2 saturated heterocycles. The number of anilines is 4. The van der Waals surface area contributed by atoms with Crippen molar-refractivity contribution in [1.29, 1.82) is 0 Å². The molecule has 0 amide bonds. The number of nitrogens with zero attached hydrogens (tertiary/aromatic N) is 5.